The Morgan fingerprint density at radius 1 is 1.18 bits per heavy atom. The van der Waals surface area contributed by atoms with Crippen molar-refractivity contribution in [2.45, 2.75) is 39.3 Å². The lowest BCUT2D eigenvalue weighted by atomic mass is 9.98. The molecule has 9 nitrogen and oxygen atoms in total. The fraction of sp³-hybridized carbons (Fsp3) is 0.292. The Bertz CT molecular complexity index is 1240. The van der Waals surface area contributed by atoms with Crippen molar-refractivity contribution >= 4 is 23.5 Å². The molecule has 2 aromatic carbocycles. The molecule has 0 fully saturated rings. The number of nitrogens with zero attached hydrogens (tertiary/aromatic N) is 5. The van der Waals surface area contributed by atoms with E-state index >= 15 is 0 Å². The molecular weight excluding hydrogens is 454 g/mol. The first-order valence-corrected chi connectivity index (χ1v) is 11.4. The van der Waals surface area contributed by atoms with Crippen LogP contribution in [-0.2, 0) is 24.3 Å². The normalized spacial score (nSPS) is 11.0. The van der Waals surface area contributed by atoms with E-state index in [2.05, 4.69) is 54.5 Å². The van der Waals surface area contributed by atoms with E-state index in [0.29, 0.717) is 23.9 Å². The van der Waals surface area contributed by atoms with Gasteiger partial charge in [-0.05, 0) is 34.4 Å². The van der Waals surface area contributed by atoms with Crippen LogP contribution in [0.25, 0.3) is 11.1 Å². The number of hydrogen-bond donors (Lipinski definition) is 2. The number of nitrogens with one attached hydrogen (secondary N) is 2. The molecule has 0 unspecified atom stereocenters. The van der Waals surface area contributed by atoms with Gasteiger partial charge in [-0.15, -0.1) is 5.10 Å². The van der Waals surface area contributed by atoms with Crippen LogP contribution in [0.1, 0.15) is 47.2 Å². The Morgan fingerprint density at radius 2 is 1.97 bits per heavy atom. The number of unbranched alkanes of at least 4 members (excludes halogenated alkanes) is 1. The Morgan fingerprint density at radius 3 is 2.68 bits per heavy atom. The Kier molecular flexibility index (Phi) is 7.66. The lowest BCUT2D eigenvalue weighted by molar-refractivity contribution is 0.102. The van der Waals surface area contributed by atoms with E-state index < -0.39 is 0 Å². The molecule has 2 heterocycles. The summed E-state index contributed by atoms with van der Waals surface area (Å²) in [5, 5.41) is 16.5. The van der Waals surface area contributed by atoms with Crippen LogP contribution >= 0.6 is 11.6 Å². The van der Waals surface area contributed by atoms with Gasteiger partial charge in [-0.3, -0.25) is 10.1 Å². The molecule has 0 aliphatic heterocycles. The number of imidazole rings is 1. The molecule has 4 rings (SSSR count). The number of benzene rings is 2. The molecule has 0 spiro atoms. The Hall–Kier alpha value is -3.56. The highest BCUT2D eigenvalue weighted by Crippen LogP contribution is 2.26. The predicted octanol–water partition coefficient (Wildman–Crippen LogP) is 4.51. The number of hydrogen-bond acceptors (Lipinski definition) is 6. The molecule has 34 heavy (non-hydrogen) atoms. The van der Waals surface area contributed by atoms with Crippen molar-refractivity contribution in [3.63, 3.8) is 0 Å². The van der Waals surface area contributed by atoms with E-state index in [0.717, 1.165) is 47.5 Å². The van der Waals surface area contributed by atoms with Gasteiger partial charge in [-0.1, -0.05) is 72.5 Å². The van der Waals surface area contributed by atoms with Gasteiger partial charge in [-0.2, -0.15) is 5.21 Å². The van der Waals surface area contributed by atoms with Gasteiger partial charge in [0.05, 0.1) is 12.3 Å². The zero-order chi connectivity index (χ0) is 23.9. The maximum absolute atomic E-state index is 12.8. The molecule has 0 radical (unpaired) electrons. The Balaban J connectivity index is 1.58. The molecule has 176 valence electrons. The summed E-state index contributed by atoms with van der Waals surface area (Å²) in [7, 11) is 1.65. The first-order chi connectivity index (χ1) is 16.6. The Labute approximate surface area is 202 Å². The van der Waals surface area contributed by atoms with E-state index in [1.807, 2.05) is 30.3 Å². The summed E-state index contributed by atoms with van der Waals surface area (Å²) in [4.78, 5) is 17.3. The van der Waals surface area contributed by atoms with Crippen LogP contribution in [0.5, 0.6) is 0 Å². The lowest BCUT2D eigenvalue weighted by Gasteiger charge is -2.13. The minimum absolute atomic E-state index is 0.125. The number of aryl methyl sites for hydroxylation is 1. The molecule has 0 saturated heterocycles. The van der Waals surface area contributed by atoms with Crippen molar-refractivity contribution < 1.29 is 9.53 Å². The van der Waals surface area contributed by atoms with Gasteiger partial charge in [0.25, 0.3) is 11.9 Å². The van der Waals surface area contributed by atoms with Crippen LogP contribution in [0.15, 0.2) is 48.5 Å². The molecule has 4 aromatic rings. The topological polar surface area (TPSA) is 111 Å². The van der Waals surface area contributed by atoms with Gasteiger partial charge in [0, 0.05) is 25.6 Å². The van der Waals surface area contributed by atoms with Crippen LogP contribution in [-0.4, -0.2) is 43.2 Å². The minimum Gasteiger partial charge on any atom is -0.378 e. The fourth-order valence-corrected chi connectivity index (χ4v) is 4.03. The van der Waals surface area contributed by atoms with E-state index in [1.165, 1.54) is 0 Å². The summed E-state index contributed by atoms with van der Waals surface area (Å²) in [6, 6.07) is 15.5. The van der Waals surface area contributed by atoms with Crippen molar-refractivity contribution in [1.29, 1.82) is 0 Å². The van der Waals surface area contributed by atoms with Crippen molar-refractivity contribution in [3.8, 4) is 11.1 Å². The van der Waals surface area contributed by atoms with Crippen molar-refractivity contribution in [3.05, 3.63) is 76.3 Å². The number of tetrazole rings is 1. The van der Waals surface area contributed by atoms with E-state index in [4.69, 9.17) is 16.3 Å². The van der Waals surface area contributed by atoms with Gasteiger partial charge < -0.3 is 9.30 Å². The summed E-state index contributed by atoms with van der Waals surface area (Å²) in [5.41, 5.74) is 4.23. The second-order valence-electron chi connectivity index (χ2n) is 7.82. The SMILES string of the molecule is CCCCc1nc(Cl)c(COC)n1Cc1ccc(-c2ccccc2C(=O)Nc2nn[nH]n2)cc1. The van der Waals surface area contributed by atoms with Crippen LogP contribution in [0.3, 0.4) is 0 Å². The molecule has 0 aliphatic carbocycles. The van der Waals surface area contributed by atoms with Crippen molar-refractivity contribution in [2.24, 2.45) is 0 Å². The number of anilines is 1. The van der Waals surface area contributed by atoms with Gasteiger partial charge >= 0.3 is 0 Å². The van der Waals surface area contributed by atoms with Gasteiger partial charge in [0.2, 0.25) is 0 Å². The second kappa shape index (κ2) is 11.0. The van der Waals surface area contributed by atoms with Crippen LogP contribution < -0.4 is 5.32 Å². The summed E-state index contributed by atoms with van der Waals surface area (Å²) < 4.78 is 7.50. The molecule has 1 amide bonds. The van der Waals surface area contributed by atoms with Crippen LogP contribution in [0, 0.1) is 0 Å². The van der Waals surface area contributed by atoms with E-state index in [-0.39, 0.29) is 11.9 Å². The number of methoxy groups -OCH3 is 1. The molecule has 0 aliphatic rings. The average molecular weight is 480 g/mol. The van der Waals surface area contributed by atoms with Crippen LogP contribution in [0.4, 0.5) is 5.95 Å². The van der Waals surface area contributed by atoms with E-state index in [9.17, 15) is 4.79 Å². The molecule has 10 heteroatoms. The van der Waals surface area contributed by atoms with Gasteiger partial charge in [-0.25, -0.2) is 4.98 Å². The summed E-state index contributed by atoms with van der Waals surface area (Å²) in [6.07, 6.45) is 2.99. The quantitative estimate of drug-likeness (QED) is 0.346. The standard InChI is InChI=1S/C24H26ClN7O2/c1-3-4-9-21-26-22(25)20(15-34-2)32(21)14-16-10-12-17(13-11-16)18-7-5-6-8-19(18)23(33)27-24-28-30-31-29-24/h5-8,10-13H,3-4,9,14-15H2,1-2H3,(H2,27,28,29,30,31,33). The molecule has 0 bridgehead atoms. The fourth-order valence-electron chi connectivity index (χ4n) is 3.78. The third kappa shape index (κ3) is 5.32. The number of ether oxygens (including phenoxy) is 1. The molecule has 0 saturated carbocycles. The van der Waals surface area contributed by atoms with Crippen molar-refractivity contribution in [1.82, 2.24) is 30.2 Å². The summed E-state index contributed by atoms with van der Waals surface area (Å²) in [5.74, 6) is 0.783. The zero-order valence-electron chi connectivity index (χ0n) is 19.1. The van der Waals surface area contributed by atoms with Crippen LogP contribution in [0.2, 0.25) is 5.15 Å². The maximum atomic E-state index is 12.8. The number of aromatic amines is 1. The second-order valence-corrected chi connectivity index (χ2v) is 8.18. The highest BCUT2D eigenvalue weighted by atomic mass is 35.5. The smallest absolute Gasteiger partial charge is 0.270 e. The maximum Gasteiger partial charge on any atom is 0.270 e. The number of halogens is 1. The third-order valence-electron chi connectivity index (χ3n) is 5.49. The van der Waals surface area contributed by atoms with Gasteiger partial charge in [0.1, 0.15) is 5.82 Å². The summed E-state index contributed by atoms with van der Waals surface area (Å²) in [6.45, 7) is 3.20. The number of rotatable bonds is 10. The largest absolute Gasteiger partial charge is 0.378 e. The first kappa shape index (κ1) is 23.6. The highest BCUT2D eigenvalue weighted by Gasteiger charge is 2.17. The molecule has 0 atom stereocenters. The lowest BCUT2D eigenvalue weighted by Crippen LogP contribution is -2.14. The molecule has 2 N–H and O–H groups in total. The first-order valence-electron chi connectivity index (χ1n) is 11.1. The van der Waals surface area contributed by atoms with Gasteiger partial charge in [0.15, 0.2) is 5.15 Å². The molecule has 2 aromatic heterocycles. The number of aromatic nitrogens is 6. The number of carbonyl (C=O) groups is 1. The number of amides is 1. The average Bonchev–Trinajstić information content (AvgIpc) is 3.47. The van der Waals surface area contributed by atoms with E-state index in [1.54, 1.807) is 13.2 Å². The zero-order valence-corrected chi connectivity index (χ0v) is 19.8. The number of carbonyl (C=O) groups excluding carboxylic acids is 1. The number of H-pyrrole nitrogens is 1. The third-order valence-corrected chi connectivity index (χ3v) is 5.79. The van der Waals surface area contributed by atoms with Crippen molar-refractivity contribution in [2.75, 3.05) is 12.4 Å². The monoisotopic (exact) mass is 479 g/mol. The minimum atomic E-state index is -0.307. The highest BCUT2D eigenvalue weighted by molar-refractivity contribution is 6.30. The predicted molar refractivity (Wildman–Crippen MR) is 130 cm³/mol. The summed E-state index contributed by atoms with van der Waals surface area (Å²) >= 11 is 6.41. The molecular formula is C24H26ClN7O2.